The van der Waals surface area contributed by atoms with Gasteiger partial charge in [0.05, 0.1) is 4.90 Å². The molecule has 2 N–H and O–H groups in total. The molecule has 0 spiro atoms. The van der Waals surface area contributed by atoms with E-state index in [2.05, 4.69) is 26.8 Å². The lowest BCUT2D eigenvalue weighted by Crippen LogP contribution is -2.33. The van der Waals surface area contributed by atoms with Gasteiger partial charge in [-0.1, -0.05) is 13.0 Å². The quantitative estimate of drug-likeness (QED) is 0.705. The van der Waals surface area contributed by atoms with Gasteiger partial charge in [0.25, 0.3) is 5.91 Å². The van der Waals surface area contributed by atoms with E-state index in [-0.39, 0.29) is 16.8 Å². The van der Waals surface area contributed by atoms with Gasteiger partial charge in [-0.15, -0.1) is 0 Å². The van der Waals surface area contributed by atoms with E-state index in [0.29, 0.717) is 12.1 Å². The highest BCUT2D eigenvalue weighted by atomic mass is 32.2. The van der Waals surface area contributed by atoms with Crippen molar-refractivity contribution in [1.29, 1.82) is 0 Å². The van der Waals surface area contributed by atoms with E-state index in [9.17, 15) is 13.2 Å². The fourth-order valence-corrected chi connectivity index (χ4v) is 4.65. The Morgan fingerprint density at radius 1 is 1.13 bits per heavy atom. The Labute approximate surface area is 178 Å². The number of piperidine rings is 1. The van der Waals surface area contributed by atoms with Crippen LogP contribution in [-0.4, -0.2) is 38.4 Å². The highest BCUT2D eigenvalue weighted by Gasteiger charge is 2.17. The molecule has 3 rings (SSSR count). The Kier molecular flexibility index (Phi) is 7.10. The van der Waals surface area contributed by atoms with Crippen LogP contribution in [0.4, 0.5) is 5.82 Å². The number of carbonyl (C=O) groups excluding carboxylic acids is 1. The van der Waals surface area contributed by atoms with Crippen molar-refractivity contribution in [2.45, 2.75) is 51.1 Å². The third kappa shape index (κ3) is 5.79. The molecule has 1 aromatic carbocycles. The number of anilines is 1. The van der Waals surface area contributed by atoms with Crippen molar-refractivity contribution in [2.24, 2.45) is 5.92 Å². The molecule has 1 saturated heterocycles. The number of hydrogen-bond acceptors (Lipinski definition) is 5. The molecule has 0 unspecified atom stereocenters. The van der Waals surface area contributed by atoms with Gasteiger partial charge < -0.3 is 10.2 Å². The normalized spacial score (nSPS) is 15.4. The van der Waals surface area contributed by atoms with Crippen LogP contribution >= 0.6 is 0 Å². The summed E-state index contributed by atoms with van der Waals surface area (Å²) in [6.07, 6.45) is 4.17. The van der Waals surface area contributed by atoms with E-state index in [1.165, 1.54) is 37.1 Å². The molecule has 1 amide bonds. The number of hydrogen-bond donors (Lipinski definition) is 2. The SMILES string of the molecule is CC1CCN(c2ccc(CNC(=O)c3ccc(S(=O)(=O)NC(C)C)cc3)cn2)CC1. The number of nitrogens with zero attached hydrogens (tertiary/aromatic N) is 2. The van der Waals surface area contributed by atoms with Crippen LogP contribution in [0, 0.1) is 5.92 Å². The third-order valence-electron chi connectivity index (χ3n) is 5.19. The van der Waals surface area contributed by atoms with Crippen molar-refractivity contribution in [1.82, 2.24) is 15.0 Å². The topological polar surface area (TPSA) is 91.4 Å². The molecular weight excluding hydrogens is 400 g/mol. The summed E-state index contributed by atoms with van der Waals surface area (Å²) in [5.41, 5.74) is 1.32. The molecule has 1 aliphatic rings. The predicted octanol–water partition coefficient (Wildman–Crippen LogP) is 2.93. The summed E-state index contributed by atoms with van der Waals surface area (Å²) in [6.45, 7) is 8.22. The van der Waals surface area contributed by atoms with Crippen molar-refractivity contribution in [3.8, 4) is 0 Å². The molecule has 7 nitrogen and oxygen atoms in total. The second-order valence-corrected chi connectivity index (χ2v) is 9.89. The molecule has 8 heteroatoms. The van der Waals surface area contributed by atoms with Gasteiger partial charge in [0.1, 0.15) is 5.82 Å². The van der Waals surface area contributed by atoms with Crippen LogP contribution in [0.25, 0.3) is 0 Å². The van der Waals surface area contributed by atoms with Gasteiger partial charge in [0.15, 0.2) is 0 Å². The lowest BCUT2D eigenvalue weighted by molar-refractivity contribution is 0.0951. The zero-order valence-electron chi connectivity index (χ0n) is 17.8. The minimum Gasteiger partial charge on any atom is -0.357 e. The highest BCUT2D eigenvalue weighted by molar-refractivity contribution is 7.89. The van der Waals surface area contributed by atoms with Crippen LogP contribution in [0.15, 0.2) is 47.5 Å². The van der Waals surface area contributed by atoms with Gasteiger partial charge in [0, 0.05) is 37.4 Å². The molecule has 1 aromatic heterocycles. The molecule has 0 aliphatic carbocycles. The Morgan fingerprint density at radius 2 is 1.80 bits per heavy atom. The summed E-state index contributed by atoms with van der Waals surface area (Å²) in [5, 5.41) is 2.85. The highest BCUT2D eigenvalue weighted by Crippen LogP contribution is 2.21. The fourth-order valence-electron chi connectivity index (χ4n) is 3.39. The molecule has 0 atom stereocenters. The van der Waals surface area contributed by atoms with Crippen molar-refractivity contribution in [3.63, 3.8) is 0 Å². The van der Waals surface area contributed by atoms with E-state index in [1.807, 2.05) is 12.1 Å². The lowest BCUT2D eigenvalue weighted by atomic mass is 9.99. The van der Waals surface area contributed by atoms with Crippen LogP contribution in [-0.2, 0) is 16.6 Å². The first-order valence-electron chi connectivity index (χ1n) is 10.3. The minimum atomic E-state index is -3.57. The summed E-state index contributed by atoms with van der Waals surface area (Å²) in [4.78, 5) is 19.4. The van der Waals surface area contributed by atoms with Crippen molar-refractivity contribution in [2.75, 3.05) is 18.0 Å². The summed E-state index contributed by atoms with van der Waals surface area (Å²) in [7, 11) is -3.57. The molecule has 30 heavy (non-hydrogen) atoms. The van der Waals surface area contributed by atoms with Gasteiger partial charge >= 0.3 is 0 Å². The number of rotatable bonds is 7. The number of aromatic nitrogens is 1. The van der Waals surface area contributed by atoms with Crippen LogP contribution in [0.3, 0.4) is 0 Å². The zero-order valence-corrected chi connectivity index (χ0v) is 18.6. The van der Waals surface area contributed by atoms with Crippen LogP contribution in [0.5, 0.6) is 0 Å². The second kappa shape index (κ2) is 9.57. The van der Waals surface area contributed by atoms with E-state index >= 15 is 0 Å². The van der Waals surface area contributed by atoms with E-state index in [4.69, 9.17) is 0 Å². The summed E-state index contributed by atoms with van der Waals surface area (Å²) >= 11 is 0. The average molecular weight is 431 g/mol. The maximum atomic E-state index is 12.4. The molecule has 162 valence electrons. The molecule has 1 aliphatic heterocycles. The molecule has 0 radical (unpaired) electrons. The molecule has 2 heterocycles. The first-order chi connectivity index (χ1) is 14.2. The number of sulfonamides is 1. The van der Waals surface area contributed by atoms with Gasteiger partial charge in [-0.2, -0.15) is 0 Å². The van der Waals surface area contributed by atoms with Gasteiger partial charge in [-0.05, 0) is 68.5 Å². The number of nitrogens with one attached hydrogen (secondary N) is 2. The number of benzene rings is 1. The molecular formula is C22H30N4O3S. The fraction of sp³-hybridized carbons (Fsp3) is 0.455. The van der Waals surface area contributed by atoms with Gasteiger partial charge in [-0.25, -0.2) is 18.1 Å². The average Bonchev–Trinajstić information content (AvgIpc) is 2.72. The maximum Gasteiger partial charge on any atom is 0.251 e. The standard InChI is InChI=1S/C22H30N4O3S/c1-16(2)25-30(28,29)20-7-5-19(6-8-20)22(27)24-15-18-4-9-21(23-14-18)26-12-10-17(3)11-13-26/h4-9,14,16-17,25H,10-13,15H2,1-3H3,(H,24,27). The number of pyridine rings is 1. The second-order valence-electron chi connectivity index (χ2n) is 8.18. The Hall–Kier alpha value is -2.45. The van der Waals surface area contributed by atoms with Crippen LogP contribution < -0.4 is 14.9 Å². The van der Waals surface area contributed by atoms with Crippen molar-refractivity contribution >= 4 is 21.7 Å². The van der Waals surface area contributed by atoms with Gasteiger partial charge in [0.2, 0.25) is 10.0 Å². The smallest absolute Gasteiger partial charge is 0.251 e. The van der Waals surface area contributed by atoms with Crippen molar-refractivity contribution < 1.29 is 13.2 Å². The van der Waals surface area contributed by atoms with Crippen LogP contribution in [0.2, 0.25) is 0 Å². The van der Waals surface area contributed by atoms with Gasteiger partial charge in [-0.3, -0.25) is 4.79 Å². The first-order valence-corrected chi connectivity index (χ1v) is 11.8. The summed E-state index contributed by atoms with van der Waals surface area (Å²) in [6, 6.07) is 9.69. The predicted molar refractivity (Wildman–Crippen MR) is 118 cm³/mol. The molecule has 1 fully saturated rings. The van der Waals surface area contributed by atoms with E-state index < -0.39 is 10.0 Å². The largest absolute Gasteiger partial charge is 0.357 e. The zero-order chi connectivity index (χ0) is 21.7. The number of carbonyl (C=O) groups is 1. The van der Waals surface area contributed by atoms with E-state index in [0.717, 1.165) is 30.4 Å². The maximum absolute atomic E-state index is 12.4. The minimum absolute atomic E-state index is 0.139. The Bertz CT molecular complexity index is 949. The first kappa shape index (κ1) is 22.2. The van der Waals surface area contributed by atoms with E-state index in [1.54, 1.807) is 20.0 Å². The molecule has 2 aromatic rings. The Morgan fingerprint density at radius 3 is 2.37 bits per heavy atom. The molecule has 0 bridgehead atoms. The third-order valence-corrected chi connectivity index (χ3v) is 6.86. The summed E-state index contributed by atoms with van der Waals surface area (Å²) in [5.74, 6) is 1.49. The lowest BCUT2D eigenvalue weighted by Gasteiger charge is -2.31. The Balaban J connectivity index is 1.55. The summed E-state index contributed by atoms with van der Waals surface area (Å²) < 4.78 is 26.9. The number of amides is 1. The molecule has 0 saturated carbocycles. The monoisotopic (exact) mass is 430 g/mol. The van der Waals surface area contributed by atoms with Crippen molar-refractivity contribution in [3.05, 3.63) is 53.7 Å². The van der Waals surface area contributed by atoms with Crippen LogP contribution in [0.1, 0.15) is 49.5 Å².